The van der Waals surface area contributed by atoms with Crippen molar-refractivity contribution in [3.05, 3.63) is 0 Å². The van der Waals surface area contributed by atoms with Crippen LogP contribution in [0.5, 0.6) is 0 Å². The maximum atomic E-state index is 13.1. The summed E-state index contributed by atoms with van der Waals surface area (Å²) in [4.78, 5) is 13.1. The van der Waals surface area contributed by atoms with E-state index < -0.39 is 80.7 Å². The number of carbonyl (C=O) groups is 1. The summed E-state index contributed by atoms with van der Waals surface area (Å²) in [6.45, 7) is 3.77. The fraction of sp³-hybridized carbons (Fsp3) is 0.983. The van der Waals surface area contributed by atoms with Crippen molar-refractivity contribution in [1.82, 2.24) is 0 Å². The second kappa shape index (κ2) is 47.0. The zero-order chi connectivity index (χ0) is 53.0. The number of rotatable bonds is 51. The molecule has 0 bridgehead atoms. The van der Waals surface area contributed by atoms with E-state index in [4.69, 9.17) is 28.4 Å². The molecule has 0 aliphatic carbocycles. The minimum absolute atomic E-state index is 0.0711. The molecule has 2 saturated heterocycles. The molecule has 14 heteroatoms. The number of carbonyl (C=O) groups excluding carboxylic acids is 1. The molecule has 11 atom stereocenters. The lowest BCUT2D eigenvalue weighted by atomic mass is 9.98. The molecular formula is C59H114O14. The maximum Gasteiger partial charge on any atom is 0.306 e. The van der Waals surface area contributed by atoms with Gasteiger partial charge in [0.2, 0.25) is 0 Å². The monoisotopic (exact) mass is 1050 g/mol. The quantitative estimate of drug-likeness (QED) is 0.0223. The highest BCUT2D eigenvalue weighted by atomic mass is 16.7. The Balaban J connectivity index is 1.69. The standard InChI is InChI=1S/C59H114O14/c1-3-5-7-9-11-13-15-17-19-21-23-25-27-29-31-33-35-37-39-41-43-68-45-48(71-51(61)42-40-38-36-34-32-30-28-26-24-22-20-18-16-14-12-10-8-6-4-2)46-69-58-57(67)55(65)53(63)50(73-58)47-70-59-56(66)54(64)52(62)49(44-60)72-59/h48-50,52-60,62-67H,3-47H2,1-2H3. The zero-order valence-corrected chi connectivity index (χ0v) is 46.7. The number of aliphatic hydroxyl groups excluding tert-OH is 7. The van der Waals surface area contributed by atoms with Gasteiger partial charge in [-0.05, 0) is 12.8 Å². The molecule has 0 amide bonds. The van der Waals surface area contributed by atoms with Gasteiger partial charge in [-0.25, -0.2) is 0 Å². The first-order chi connectivity index (χ1) is 35.6. The van der Waals surface area contributed by atoms with Crippen LogP contribution in [0.1, 0.15) is 271 Å². The van der Waals surface area contributed by atoms with Gasteiger partial charge in [0.05, 0.1) is 26.4 Å². The van der Waals surface area contributed by atoms with E-state index in [2.05, 4.69) is 13.8 Å². The summed E-state index contributed by atoms with van der Waals surface area (Å²) in [6, 6.07) is 0. The second-order valence-electron chi connectivity index (χ2n) is 21.9. The topological polar surface area (TPSA) is 214 Å². The molecule has 0 aromatic rings. The van der Waals surface area contributed by atoms with Crippen LogP contribution in [0.15, 0.2) is 0 Å². The predicted octanol–water partition coefficient (Wildman–Crippen LogP) is 11.2. The predicted molar refractivity (Wildman–Crippen MR) is 289 cm³/mol. The third kappa shape index (κ3) is 33.8. The number of unbranched alkanes of at least 4 members (excludes halogenated alkanes) is 37. The van der Waals surface area contributed by atoms with Crippen LogP contribution in [-0.2, 0) is 33.2 Å². The lowest BCUT2D eigenvalue weighted by Gasteiger charge is -2.42. The Kier molecular flexibility index (Phi) is 43.9. The van der Waals surface area contributed by atoms with Crippen LogP contribution in [0.2, 0.25) is 0 Å². The van der Waals surface area contributed by atoms with Crippen molar-refractivity contribution in [1.29, 1.82) is 0 Å². The van der Waals surface area contributed by atoms with E-state index in [0.717, 1.165) is 44.9 Å². The van der Waals surface area contributed by atoms with E-state index in [9.17, 15) is 40.5 Å². The molecule has 434 valence electrons. The van der Waals surface area contributed by atoms with Gasteiger partial charge in [0, 0.05) is 13.0 Å². The van der Waals surface area contributed by atoms with Gasteiger partial charge >= 0.3 is 5.97 Å². The Labute approximate surface area is 444 Å². The average Bonchev–Trinajstić information content (AvgIpc) is 3.39. The molecule has 0 spiro atoms. The fourth-order valence-corrected chi connectivity index (χ4v) is 10.2. The normalized spacial score (nSPS) is 24.8. The van der Waals surface area contributed by atoms with Crippen LogP contribution in [-0.4, -0.2) is 142 Å². The van der Waals surface area contributed by atoms with Gasteiger partial charge in [-0.1, -0.05) is 251 Å². The lowest BCUT2D eigenvalue weighted by Crippen LogP contribution is -2.61. The maximum absolute atomic E-state index is 13.1. The van der Waals surface area contributed by atoms with Crippen LogP contribution in [0.3, 0.4) is 0 Å². The van der Waals surface area contributed by atoms with Gasteiger partial charge in [0.1, 0.15) is 54.9 Å². The minimum atomic E-state index is -1.70. The molecule has 2 heterocycles. The lowest BCUT2D eigenvalue weighted by molar-refractivity contribution is -0.332. The van der Waals surface area contributed by atoms with Crippen molar-refractivity contribution >= 4 is 5.97 Å². The number of aliphatic hydroxyl groups is 7. The van der Waals surface area contributed by atoms with E-state index in [1.165, 1.54) is 205 Å². The zero-order valence-electron chi connectivity index (χ0n) is 46.7. The minimum Gasteiger partial charge on any atom is -0.457 e. The van der Waals surface area contributed by atoms with Crippen LogP contribution in [0, 0.1) is 0 Å². The van der Waals surface area contributed by atoms with Crippen molar-refractivity contribution < 1.29 is 69.0 Å². The van der Waals surface area contributed by atoms with Gasteiger partial charge in [-0.15, -0.1) is 0 Å². The van der Waals surface area contributed by atoms with Gasteiger partial charge < -0.3 is 64.2 Å². The van der Waals surface area contributed by atoms with Gasteiger partial charge in [-0.3, -0.25) is 4.79 Å². The summed E-state index contributed by atoms with van der Waals surface area (Å²) in [7, 11) is 0. The fourth-order valence-electron chi connectivity index (χ4n) is 10.2. The number of hydrogen-bond acceptors (Lipinski definition) is 14. The van der Waals surface area contributed by atoms with E-state index in [0.29, 0.717) is 6.61 Å². The molecule has 2 fully saturated rings. The molecule has 0 aromatic carbocycles. The van der Waals surface area contributed by atoms with Crippen LogP contribution in [0.25, 0.3) is 0 Å². The Hall–Kier alpha value is -1.01. The van der Waals surface area contributed by atoms with Crippen LogP contribution >= 0.6 is 0 Å². The SMILES string of the molecule is CCCCCCCCCCCCCCCCCCCCCCOCC(COC1OC(COC2OC(CO)C(O)C(O)C2O)C(O)C(O)C1O)OC(=O)CCCCCCCCCCCCCCCCCCCCC. The molecule has 2 aliphatic rings. The first kappa shape index (κ1) is 68.1. The smallest absolute Gasteiger partial charge is 0.306 e. The Morgan fingerprint density at radius 1 is 0.397 bits per heavy atom. The van der Waals surface area contributed by atoms with Crippen molar-refractivity contribution in [2.24, 2.45) is 0 Å². The van der Waals surface area contributed by atoms with Crippen molar-refractivity contribution in [2.75, 3.05) is 33.0 Å². The molecule has 0 radical (unpaired) electrons. The second-order valence-corrected chi connectivity index (χ2v) is 21.9. The highest BCUT2D eigenvalue weighted by molar-refractivity contribution is 5.69. The van der Waals surface area contributed by atoms with Crippen molar-refractivity contribution in [3.8, 4) is 0 Å². The molecule has 0 aromatic heterocycles. The highest BCUT2D eigenvalue weighted by Gasteiger charge is 2.47. The number of hydrogen-bond donors (Lipinski definition) is 7. The molecule has 73 heavy (non-hydrogen) atoms. The van der Waals surface area contributed by atoms with E-state index in [1.54, 1.807) is 0 Å². The highest BCUT2D eigenvalue weighted by Crippen LogP contribution is 2.27. The summed E-state index contributed by atoms with van der Waals surface area (Å²) < 4.78 is 34.5. The number of esters is 1. The number of ether oxygens (including phenoxy) is 6. The summed E-state index contributed by atoms with van der Waals surface area (Å²) in [6.07, 6.45) is 34.5. The summed E-state index contributed by atoms with van der Waals surface area (Å²) >= 11 is 0. The van der Waals surface area contributed by atoms with Crippen LogP contribution < -0.4 is 0 Å². The molecule has 11 unspecified atom stereocenters. The van der Waals surface area contributed by atoms with Gasteiger partial charge in [-0.2, -0.15) is 0 Å². The molecule has 2 aliphatic heterocycles. The molecule has 7 N–H and O–H groups in total. The van der Waals surface area contributed by atoms with E-state index in [-0.39, 0.29) is 25.6 Å². The summed E-state index contributed by atoms with van der Waals surface area (Å²) in [5.74, 6) is -0.366. The first-order valence-electron chi connectivity index (χ1n) is 30.6. The summed E-state index contributed by atoms with van der Waals surface area (Å²) in [5, 5.41) is 72.4. The Morgan fingerprint density at radius 3 is 1.11 bits per heavy atom. The Morgan fingerprint density at radius 2 is 0.726 bits per heavy atom. The molecule has 14 nitrogen and oxygen atoms in total. The molecule has 0 saturated carbocycles. The largest absolute Gasteiger partial charge is 0.457 e. The van der Waals surface area contributed by atoms with E-state index in [1.807, 2.05) is 0 Å². The third-order valence-corrected chi connectivity index (χ3v) is 15.1. The average molecular weight is 1050 g/mol. The van der Waals surface area contributed by atoms with Gasteiger partial charge in [0.15, 0.2) is 12.6 Å². The Bertz CT molecular complexity index is 1210. The first-order valence-corrected chi connectivity index (χ1v) is 30.6. The van der Waals surface area contributed by atoms with Crippen molar-refractivity contribution in [3.63, 3.8) is 0 Å². The third-order valence-electron chi connectivity index (χ3n) is 15.1. The van der Waals surface area contributed by atoms with Crippen LogP contribution in [0.4, 0.5) is 0 Å². The molecular weight excluding hydrogens is 933 g/mol. The van der Waals surface area contributed by atoms with Gasteiger partial charge in [0.25, 0.3) is 0 Å². The van der Waals surface area contributed by atoms with Crippen molar-refractivity contribution in [2.45, 2.75) is 338 Å². The summed E-state index contributed by atoms with van der Waals surface area (Å²) in [5.41, 5.74) is 0. The molecule has 2 rings (SSSR count). The van der Waals surface area contributed by atoms with E-state index >= 15 is 0 Å².